The fraction of sp³-hybridized carbons (Fsp3) is 0.612. The van der Waals surface area contributed by atoms with Crippen molar-refractivity contribution in [2.45, 2.75) is 250 Å². The second kappa shape index (κ2) is 53.5. The molecule has 1 saturated heterocycles. The number of carboxylic acids is 1. The van der Waals surface area contributed by atoms with Gasteiger partial charge in [0.15, 0.2) is 24.6 Å². The average molecular weight is 1100 g/mol. The summed E-state index contributed by atoms with van der Waals surface area (Å²) in [5.41, 5.74) is 0. The van der Waals surface area contributed by atoms with Gasteiger partial charge in [-0.05, 0) is 122 Å². The van der Waals surface area contributed by atoms with E-state index in [1.807, 2.05) is 12.2 Å². The summed E-state index contributed by atoms with van der Waals surface area (Å²) in [5.74, 6) is -3.30. The Bertz CT molecular complexity index is 1880. The van der Waals surface area contributed by atoms with Crippen molar-refractivity contribution in [2.75, 3.05) is 13.2 Å². The zero-order valence-electron chi connectivity index (χ0n) is 48.8. The maximum absolute atomic E-state index is 13.1. The Morgan fingerprint density at radius 1 is 0.430 bits per heavy atom. The highest BCUT2D eigenvalue weighted by atomic mass is 16.7. The van der Waals surface area contributed by atoms with Gasteiger partial charge in [0.2, 0.25) is 0 Å². The molecule has 0 radical (unpaired) electrons. The maximum Gasteiger partial charge on any atom is 0.335 e. The van der Waals surface area contributed by atoms with Gasteiger partial charge >= 0.3 is 23.9 Å². The maximum atomic E-state index is 13.1. The lowest BCUT2D eigenvalue weighted by atomic mass is 9.98. The Morgan fingerprint density at radius 2 is 0.823 bits per heavy atom. The van der Waals surface area contributed by atoms with Gasteiger partial charge in [-0.15, -0.1) is 0 Å². The number of allylic oxidation sites excluding steroid dienone is 22. The zero-order chi connectivity index (χ0) is 57.5. The molecule has 1 aliphatic rings. The van der Waals surface area contributed by atoms with Crippen molar-refractivity contribution in [1.29, 1.82) is 0 Å². The van der Waals surface area contributed by atoms with Crippen LogP contribution in [0.4, 0.5) is 0 Å². The lowest BCUT2D eigenvalue weighted by molar-refractivity contribution is -0.301. The third kappa shape index (κ3) is 43.4. The van der Waals surface area contributed by atoms with E-state index >= 15 is 0 Å². The van der Waals surface area contributed by atoms with Crippen molar-refractivity contribution in [2.24, 2.45) is 0 Å². The molecule has 444 valence electrons. The molecule has 6 unspecified atom stereocenters. The predicted molar refractivity (Wildman–Crippen MR) is 321 cm³/mol. The number of unbranched alkanes of at least 4 members (excludes halogenated alkanes) is 13. The topological polar surface area (TPSA) is 175 Å². The largest absolute Gasteiger partial charge is 0.479 e. The summed E-state index contributed by atoms with van der Waals surface area (Å²) in [4.78, 5) is 51.1. The third-order valence-electron chi connectivity index (χ3n) is 12.7. The van der Waals surface area contributed by atoms with E-state index in [1.165, 1.54) is 19.3 Å². The first kappa shape index (κ1) is 71.9. The molecule has 0 saturated carbocycles. The van der Waals surface area contributed by atoms with Crippen molar-refractivity contribution >= 4 is 23.9 Å². The van der Waals surface area contributed by atoms with Crippen LogP contribution in [0.1, 0.15) is 213 Å². The molecule has 3 N–H and O–H groups in total. The highest BCUT2D eigenvalue weighted by Crippen LogP contribution is 2.26. The Morgan fingerprint density at radius 3 is 1.28 bits per heavy atom. The van der Waals surface area contributed by atoms with Gasteiger partial charge in [-0.1, -0.05) is 206 Å². The van der Waals surface area contributed by atoms with Crippen molar-refractivity contribution in [3.8, 4) is 0 Å². The molecule has 12 nitrogen and oxygen atoms in total. The standard InChI is InChI=1S/C67H104O12/c1-4-7-10-13-16-19-22-25-27-29-30-32-33-36-38-41-44-47-50-53-59(68)75-56-58(77-60(69)54-51-48-45-42-39-35-24-21-18-15-12-9-6-3)57-76-67-65(63(72)62(71)64(79-67)66(73)74)78-61(70)55-52-49-46-43-40-37-34-31-28-26-23-20-17-14-11-8-5-2/h7,9-10,12,16-21,25-28,30,32,35-36,38-39,45,48,58,62-65,67,71-72H,4-6,8,11,13-15,22-24,29,31,33-34,37,40-44,46-47,49-57H2,1-3H3,(H,73,74)/b10-7-,12-9-,19-16-,20-17-,21-18-,27-25-,28-26-,32-30-,38-36-,39-35-,48-45-. The van der Waals surface area contributed by atoms with Crippen LogP contribution in [-0.2, 0) is 42.9 Å². The molecule has 12 heteroatoms. The fourth-order valence-corrected chi connectivity index (χ4v) is 8.14. The SMILES string of the molecule is CC/C=C\C/C=C\C/C=C\C/C=C\C/C=C\CCCCCC(=O)OCC(COC1OC(C(=O)O)C(O)C(O)C1OC(=O)CCCCCCCCC/C=C\C/C=C\CCCCC)OC(=O)CC/C=C\C/C=C\C/C=C\C/C=C\CC. The van der Waals surface area contributed by atoms with Crippen LogP contribution >= 0.6 is 0 Å². The molecule has 1 aliphatic heterocycles. The highest BCUT2D eigenvalue weighted by Gasteiger charge is 2.50. The third-order valence-corrected chi connectivity index (χ3v) is 12.7. The molecule has 1 heterocycles. The van der Waals surface area contributed by atoms with Gasteiger partial charge in [0.05, 0.1) is 6.61 Å². The molecule has 0 amide bonds. The molecular formula is C67H104O12. The zero-order valence-corrected chi connectivity index (χ0v) is 48.8. The van der Waals surface area contributed by atoms with Crippen molar-refractivity contribution in [1.82, 2.24) is 0 Å². The van der Waals surface area contributed by atoms with Gasteiger partial charge in [0.25, 0.3) is 0 Å². The number of aliphatic hydroxyl groups excluding tert-OH is 2. The molecule has 79 heavy (non-hydrogen) atoms. The lowest BCUT2D eigenvalue weighted by Gasteiger charge is -2.40. The van der Waals surface area contributed by atoms with Crippen molar-refractivity contribution in [3.63, 3.8) is 0 Å². The van der Waals surface area contributed by atoms with Crippen LogP contribution in [0.25, 0.3) is 0 Å². The Hall–Kier alpha value is -5.14. The summed E-state index contributed by atoms with van der Waals surface area (Å²) in [6.45, 7) is 5.63. The van der Waals surface area contributed by atoms with Crippen molar-refractivity contribution < 1.29 is 58.2 Å². The first-order valence-electron chi connectivity index (χ1n) is 30.2. The lowest BCUT2D eigenvalue weighted by Crippen LogP contribution is -2.61. The van der Waals surface area contributed by atoms with E-state index in [2.05, 4.69) is 142 Å². The smallest absolute Gasteiger partial charge is 0.335 e. The fourth-order valence-electron chi connectivity index (χ4n) is 8.14. The molecule has 0 aromatic heterocycles. The van der Waals surface area contributed by atoms with Gasteiger partial charge in [-0.3, -0.25) is 14.4 Å². The van der Waals surface area contributed by atoms with E-state index in [-0.39, 0.29) is 25.9 Å². The Labute approximate surface area is 477 Å². The first-order chi connectivity index (χ1) is 38.6. The second-order valence-electron chi connectivity index (χ2n) is 19.9. The van der Waals surface area contributed by atoms with Gasteiger partial charge in [0.1, 0.15) is 18.8 Å². The van der Waals surface area contributed by atoms with E-state index in [0.29, 0.717) is 25.7 Å². The number of hydrogen-bond donors (Lipinski definition) is 3. The summed E-state index contributed by atoms with van der Waals surface area (Å²) in [5, 5.41) is 31.5. The minimum absolute atomic E-state index is 0.0257. The summed E-state index contributed by atoms with van der Waals surface area (Å²) >= 11 is 0. The Balaban J connectivity index is 2.74. The quantitative estimate of drug-likeness (QED) is 0.0228. The summed E-state index contributed by atoms with van der Waals surface area (Å²) in [6, 6.07) is 0. The number of hydrogen-bond acceptors (Lipinski definition) is 11. The van der Waals surface area contributed by atoms with E-state index in [4.69, 9.17) is 23.7 Å². The second-order valence-corrected chi connectivity index (χ2v) is 19.9. The molecule has 0 bridgehead atoms. The minimum atomic E-state index is -1.93. The number of ether oxygens (including phenoxy) is 5. The van der Waals surface area contributed by atoms with Crippen LogP contribution in [-0.4, -0.2) is 89.2 Å². The van der Waals surface area contributed by atoms with Gasteiger partial charge in [-0.25, -0.2) is 4.79 Å². The number of rotatable bonds is 49. The molecule has 0 aliphatic carbocycles. The van der Waals surface area contributed by atoms with Crippen LogP contribution in [0.15, 0.2) is 134 Å². The average Bonchev–Trinajstić information content (AvgIpc) is 3.47. The molecule has 0 aromatic carbocycles. The van der Waals surface area contributed by atoms with Gasteiger partial charge in [0, 0.05) is 19.3 Å². The van der Waals surface area contributed by atoms with E-state index in [1.54, 1.807) is 0 Å². The molecule has 1 fully saturated rings. The number of carbonyl (C=O) groups excluding carboxylic acids is 3. The summed E-state index contributed by atoms with van der Waals surface area (Å²) in [6.07, 6.45) is 62.9. The van der Waals surface area contributed by atoms with E-state index < -0.39 is 67.3 Å². The molecule has 0 spiro atoms. The number of carboxylic acid groups (broad SMARTS) is 1. The number of carbonyl (C=O) groups is 4. The van der Waals surface area contributed by atoms with E-state index in [0.717, 1.165) is 128 Å². The normalized spacial score (nSPS) is 18.8. The van der Waals surface area contributed by atoms with E-state index in [9.17, 15) is 34.5 Å². The summed E-state index contributed by atoms with van der Waals surface area (Å²) < 4.78 is 28.3. The minimum Gasteiger partial charge on any atom is -0.479 e. The first-order valence-corrected chi connectivity index (χ1v) is 30.2. The van der Waals surface area contributed by atoms with Crippen LogP contribution in [0, 0.1) is 0 Å². The van der Waals surface area contributed by atoms with Crippen LogP contribution in [0.3, 0.4) is 0 Å². The Kier molecular flexibility index (Phi) is 48.7. The predicted octanol–water partition coefficient (Wildman–Crippen LogP) is 15.8. The molecule has 6 atom stereocenters. The van der Waals surface area contributed by atoms with Gasteiger partial charge < -0.3 is 39.0 Å². The monoisotopic (exact) mass is 1100 g/mol. The molecule has 1 rings (SSSR count). The number of esters is 3. The molecular weight excluding hydrogens is 997 g/mol. The highest BCUT2D eigenvalue weighted by molar-refractivity contribution is 5.74. The van der Waals surface area contributed by atoms with Crippen LogP contribution < -0.4 is 0 Å². The van der Waals surface area contributed by atoms with Gasteiger partial charge in [-0.2, -0.15) is 0 Å². The molecule has 0 aromatic rings. The summed E-state index contributed by atoms with van der Waals surface area (Å²) in [7, 11) is 0. The van der Waals surface area contributed by atoms with Crippen LogP contribution in [0.5, 0.6) is 0 Å². The van der Waals surface area contributed by atoms with Crippen molar-refractivity contribution in [3.05, 3.63) is 134 Å². The van der Waals surface area contributed by atoms with Crippen LogP contribution in [0.2, 0.25) is 0 Å². The number of aliphatic hydroxyl groups is 2. The number of aliphatic carboxylic acids is 1.